The Morgan fingerprint density at radius 1 is 1.33 bits per heavy atom. The number of amides is 2. The van der Waals surface area contributed by atoms with E-state index in [1.165, 1.54) is 24.3 Å². The first-order valence-corrected chi connectivity index (χ1v) is 6.55. The molecular weight excluding hydrogens is 323 g/mol. The third-order valence-corrected chi connectivity index (χ3v) is 2.67. The molecule has 0 aliphatic carbocycles. The molecule has 0 aliphatic heterocycles. The molecule has 2 rings (SSSR count). The predicted molar refractivity (Wildman–Crippen MR) is 79.8 cm³/mol. The number of halogens is 1. The Morgan fingerprint density at radius 3 is 2.79 bits per heavy atom. The fourth-order valence-electron chi connectivity index (χ4n) is 1.61. The Labute approximate surface area is 134 Å². The van der Waals surface area contributed by atoms with Crippen LogP contribution in [0.2, 0.25) is 0 Å². The Bertz CT molecular complexity index is 802. The van der Waals surface area contributed by atoms with Crippen LogP contribution in [0.25, 0.3) is 0 Å². The Morgan fingerprint density at radius 2 is 2.12 bits per heavy atom. The minimum absolute atomic E-state index is 0.0748. The van der Waals surface area contributed by atoms with Crippen molar-refractivity contribution in [1.82, 2.24) is 10.7 Å². The average molecular weight is 334 g/mol. The molecule has 2 amide bonds. The lowest BCUT2D eigenvalue weighted by Gasteiger charge is -2.04. The SMILES string of the molecule is O=C(CNC(=O)c1cccc(F)c1)N/N=C\c1ccc([N+](=O)[O-])o1. The number of hydrazone groups is 1. The van der Waals surface area contributed by atoms with Gasteiger partial charge in [-0.1, -0.05) is 6.07 Å². The Hall–Kier alpha value is -3.56. The van der Waals surface area contributed by atoms with E-state index in [4.69, 9.17) is 4.42 Å². The minimum Gasteiger partial charge on any atom is -0.400 e. The molecular formula is C14H11FN4O5. The molecule has 124 valence electrons. The van der Waals surface area contributed by atoms with Gasteiger partial charge in [0.2, 0.25) is 0 Å². The van der Waals surface area contributed by atoms with Crippen molar-refractivity contribution in [3.05, 3.63) is 63.7 Å². The number of benzene rings is 1. The Balaban J connectivity index is 1.79. The van der Waals surface area contributed by atoms with Gasteiger partial charge >= 0.3 is 5.88 Å². The van der Waals surface area contributed by atoms with Gasteiger partial charge in [-0.05, 0) is 24.3 Å². The molecule has 0 fully saturated rings. The second-order valence-corrected chi connectivity index (χ2v) is 4.42. The van der Waals surface area contributed by atoms with Crippen molar-refractivity contribution in [1.29, 1.82) is 0 Å². The number of nitrogens with one attached hydrogen (secondary N) is 2. The summed E-state index contributed by atoms with van der Waals surface area (Å²) in [5, 5.41) is 16.2. The van der Waals surface area contributed by atoms with Crippen LogP contribution in [0, 0.1) is 15.9 Å². The summed E-state index contributed by atoms with van der Waals surface area (Å²) in [4.78, 5) is 32.9. The summed E-state index contributed by atoms with van der Waals surface area (Å²) in [5.41, 5.74) is 2.18. The molecule has 0 unspecified atom stereocenters. The molecule has 2 N–H and O–H groups in total. The first kappa shape index (κ1) is 16.8. The van der Waals surface area contributed by atoms with Gasteiger partial charge in [-0.2, -0.15) is 5.10 Å². The largest absolute Gasteiger partial charge is 0.433 e. The summed E-state index contributed by atoms with van der Waals surface area (Å²) in [6.45, 7) is -0.384. The number of carbonyl (C=O) groups is 2. The van der Waals surface area contributed by atoms with E-state index in [0.29, 0.717) is 0 Å². The number of rotatable bonds is 6. The predicted octanol–water partition coefficient (Wildman–Crippen LogP) is 1.21. The quantitative estimate of drug-likeness (QED) is 0.466. The van der Waals surface area contributed by atoms with E-state index in [2.05, 4.69) is 15.8 Å². The molecule has 0 atom stereocenters. The van der Waals surface area contributed by atoms with Crippen LogP contribution < -0.4 is 10.7 Å². The zero-order valence-corrected chi connectivity index (χ0v) is 12.1. The number of nitrogens with zero attached hydrogens (tertiary/aromatic N) is 2. The zero-order chi connectivity index (χ0) is 17.5. The lowest BCUT2D eigenvalue weighted by atomic mass is 10.2. The number of hydrogen-bond acceptors (Lipinski definition) is 6. The summed E-state index contributed by atoms with van der Waals surface area (Å²) in [6.07, 6.45) is 1.07. The van der Waals surface area contributed by atoms with Crippen molar-refractivity contribution < 1.29 is 23.3 Å². The highest BCUT2D eigenvalue weighted by Gasteiger charge is 2.11. The number of nitro groups is 1. The van der Waals surface area contributed by atoms with Gasteiger partial charge in [-0.25, -0.2) is 9.82 Å². The van der Waals surface area contributed by atoms with Gasteiger partial charge in [-0.3, -0.25) is 19.7 Å². The number of hydrogen-bond donors (Lipinski definition) is 2. The monoisotopic (exact) mass is 334 g/mol. The van der Waals surface area contributed by atoms with Crippen LogP contribution in [0.3, 0.4) is 0 Å². The molecule has 0 saturated heterocycles. The van der Waals surface area contributed by atoms with Gasteiger partial charge in [0, 0.05) is 5.56 Å². The summed E-state index contributed by atoms with van der Waals surface area (Å²) >= 11 is 0. The van der Waals surface area contributed by atoms with Gasteiger partial charge in [0.05, 0.1) is 18.8 Å². The van der Waals surface area contributed by atoms with Gasteiger partial charge in [0.1, 0.15) is 10.7 Å². The molecule has 0 bridgehead atoms. The first-order chi connectivity index (χ1) is 11.5. The van der Waals surface area contributed by atoms with Gasteiger partial charge in [-0.15, -0.1) is 0 Å². The third-order valence-electron chi connectivity index (χ3n) is 2.67. The highest BCUT2D eigenvalue weighted by Crippen LogP contribution is 2.13. The standard InChI is InChI=1S/C14H11FN4O5/c15-10-3-1-2-9(6-10)14(21)16-8-12(20)18-17-7-11-4-5-13(24-11)19(22)23/h1-7H,8H2,(H,16,21)(H,18,20)/b17-7-. The van der Waals surface area contributed by atoms with Crippen LogP contribution in [-0.4, -0.2) is 29.5 Å². The van der Waals surface area contributed by atoms with E-state index in [1.54, 1.807) is 0 Å². The molecule has 0 spiro atoms. The second kappa shape index (κ2) is 7.63. The highest BCUT2D eigenvalue weighted by molar-refractivity contribution is 5.96. The third kappa shape index (κ3) is 4.73. The molecule has 10 heteroatoms. The smallest absolute Gasteiger partial charge is 0.400 e. The molecule has 1 heterocycles. The fourth-order valence-corrected chi connectivity index (χ4v) is 1.61. The van der Waals surface area contributed by atoms with E-state index in [-0.39, 0.29) is 17.9 Å². The summed E-state index contributed by atoms with van der Waals surface area (Å²) < 4.78 is 17.8. The van der Waals surface area contributed by atoms with Crippen LogP contribution in [0.4, 0.5) is 10.3 Å². The van der Waals surface area contributed by atoms with Crippen molar-refractivity contribution >= 4 is 23.9 Å². The van der Waals surface area contributed by atoms with Crippen molar-refractivity contribution in [2.24, 2.45) is 5.10 Å². The van der Waals surface area contributed by atoms with Crippen molar-refractivity contribution in [2.75, 3.05) is 6.54 Å². The molecule has 24 heavy (non-hydrogen) atoms. The summed E-state index contributed by atoms with van der Waals surface area (Å²) in [5.74, 6) is -2.20. The fraction of sp³-hybridized carbons (Fsp3) is 0.0714. The van der Waals surface area contributed by atoms with Crippen LogP contribution in [0.1, 0.15) is 16.1 Å². The number of furan rings is 1. The lowest BCUT2D eigenvalue weighted by Crippen LogP contribution is -2.34. The van der Waals surface area contributed by atoms with Gasteiger partial charge in [0.15, 0.2) is 5.76 Å². The molecule has 0 aliphatic rings. The summed E-state index contributed by atoms with van der Waals surface area (Å²) in [6, 6.07) is 7.45. The van der Waals surface area contributed by atoms with Crippen molar-refractivity contribution in [2.45, 2.75) is 0 Å². The molecule has 1 aromatic carbocycles. The Kier molecular flexibility index (Phi) is 5.34. The maximum Gasteiger partial charge on any atom is 0.433 e. The molecule has 9 nitrogen and oxygen atoms in total. The second-order valence-electron chi connectivity index (χ2n) is 4.42. The van der Waals surface area contributed by atoms with E-state index in [0.717, 1.165) is 18.3 Å². The normalized spacial score (nSPS) is 10.5. The zero-order valence-electron chi connectivity index (χ0n) is 12.1. The lowest BCUT2D eigenvalue weighted by molar-refractivity contribution is -0.402. The average Bonchev–Trinajstić information content (AvgIpc) is 3.02. The molecule has 0 saturated carbocycles. The maximum atomic E-state index is 13.0. The van der Waals surface area contributed by atoms with E-state index in [1.807, 2.05) is 0 Å². The van der Waals surface area contributed by atoms with E-state index >= 15 is 0 Å². The molecule has 2 aromatic rings. The maximum absolute atomic E-state index is 13.0. The molecule has 1 aromatic heterocycles. The molecule has 0 radical (unpaired) electrons. The van der Waals surface area contributed by atoms with Crippen LogP contribution in [0.15, 0.2) is 45.9 Å². The van der Waals surface area contributed by atoms with Crippen molar-refractivity contribution in [3.8, 4) is 0 Å². The van der Waals surface area contributed by atoms with Crippen molar-refractivity contribution in [3.63, 3.8) is 0 Å². The van der Waals surface area contributed by atoms with E-state index < -0.39 is 28.4 Å². The summed E-state index contributed by atoms with van der Waals surface area (Å²) in [7, 11) is 0. The van der Waals surface area contributed by atoms with E-state index in [9.17, 15) is 24.1 Å². The van der Waals surface area contributed by atoms with Crippen LogP contribution in [-0.2, 0) is 4.79 Å². The number of carbonyl (C=O) groups excluding carboxylic acids is 2. The van der Waals surface area contributed by atoms with Gasteiger partial charge in [0.25, 0.3) is 11.8 Å². The van der Waals surface area contributed by atoms with Crippen LogP contribution in [0.5, 0.6) is 0 Å². The van der Waals surface area contributed by atoms with Gasteiger partial charge < -0.3 is 9.73 Å². The topological polar surface area (TPSA) is 127 Å². The first-order valence-electron chi connectivity index (χ1n) is 6.55. The highest BCUT2D eigenvalue weighted by atomic mass is 19.1. The minimum atomic E-state index is -0.710. The van der Waals surface area contributed by atoms with Crippen LogP contribution >= 0.6 is 0 Å².